The second kappa shape index (κ2) is 6.34. The highest BCUT2D eigenvalue weighted by Gasteiger charge is 2.28. The number of nitrogens with one attached hydrogen (secondary N) is 1. The number of hydrogen-bond acceptors (Lipinski definition) is 3. The van der Waals surface area contributed by atoms with Crippen molar-refractivity contribution in [1.29, 1.82) is 0 Å². The van der Waals surface area contributed by atoms with Crippen molar-refractivity contribution in [1.82, 2.24) is 5.32 Å². The van der Waals surface area contributed by atoms with Gasteiger partial charge in [-0.05, 0) is 13.2 Å². The first-order valence-electron chi connectivity index (χ1n) is 4.71. The van der Waals surface area contributed by atoms with Gasteiger partial charge in [0.1, 0.15) is 0 Å². The van der Waals surface area contributed by atoms with Crippen molar-refractivity contribution in [3.05, 3.63) is 0 Å². The van der Waals surface area contributed by atoms with Crippen LogP contribution >= 0.6 is 11.8 Å². The average molecular weight is 259 g/mol. The molecule has 16 heavy (non-hydrogen) atoms. The molecule has 96 valence electrons. The number of carbonyl (C=O) groups excluding carboxylic acids is 1. The van der Waals surface area contributed by atoms with Crippen LogP contribution in [-0.4, -0.2) is 41.3 Å². The Balaban J connectivity index is 3.81. The maximum absolute atomic E-state index is 11.8. The summed E-state index contributed by atoms with van der Waals surface area (Å²) in [6, 6.07) is 0. The minimum Gasteiger partial charge on any atom is -0.387 e. The maximum Gasteiger partial charge on any atom is 0.389 e. The minimum absolute atomic E-state index is 0.0372. The Kier molecular flexibility index (Phi) is 6.17. The van der Waals surface area contributed by atoms with Gasteiger partial charge in [-0.25, -0.2) is 0 Å². The Hall–Kier alpha value is -0.430. The number of amides is 1. The van der Waals surface area contributed by atoms with E-state index in [0.29, 0.717) is 5.75 Å². The lowest BCUT2D eigenvalue weighted by atomic mass is 10.1. The number of rotatable bonds is 6. The van der Waals surface area contributed by atoms with Crippen molar-refractivity contribution in [3.63, 3.8) is 0 Å². The summed E-state index contributed by atoms with van der Waals surface area (Å²) in [7, 11) is 0. The smallest absolute Gasteiger partial charge is 0.387 e. The molecule has 0 aromatic rings. The molecular formula is C9H16F3NO2S. The monoisotopic (exact) mass is 259 g/mol. The highest BCUT2D eigenvalue weighted by atomic mass is 32.2. The molecule has 0 saturated carbocycles. The highest BCUT2D eigenvalue weighted by Crippen LogP contribution is 2.21. The second-order valence-corrected chi connectivity index (χ2v) is 4.69. The zero-order valence-corrected chi connectivity index (χ0v) is 10.0. The molecule has 1 unspecified atom stereocenters. The number of carbonyl (C=O) groups is 1. The highest BCUT2D eigenvalue weighted by molar-refractivity contribution is 7.98. The standard InChI is InChI=1S/C9H16F3NO2S/c1-8(15,6-16-2)5-13-7(14)3-4-9(10,11)12/h15H,3-6H2,1-2H3,(H,13,14). The van der Waals surface area contributed by atoms with Crippen molar-refractivity contribution in [3.8, 4) is 0 Å². The van der Waals surface area contributed by atoms with Crippen molar-refractivity contribution >= 4 is 17.7 Å². The van der Waals surface area contributed by atoms with E-state index in [2.05, 4.69) is 5.32 Å². The summed E-state index contributed by atoms with van der Waals surface area (Å²) in [6.45, 7) is 1.48. The Bertz CT molecular complexity index is 231. The van der Waals surface area contributed by atoms with Gasteiger partial charge in [0.05, 0.1) is 12.0 Å². The van der Waals surface area contributed by atoms with Crippen LogP contribution in [0, 0.1) is 0 Å². The molecule has 0 radical (unpaired) electrons. The molecule has 7 heteroatoms. The second-order valence-electron chi connectivity index (χ2n) is 3.82. The predicted molar refractivity (Wildman–Crippen MR) is 57.3 cm³/mol. The lowest BCUT2D eigenvalue weighted by Gasteiger charge is -2.22. The summed E-state index contributed by atoms with van der Waals surface area (Å²) in [4.78, 5) is 11.0. The molecule has 1 amide bonds. The van der Waals surface area contributed by atoms with Crippen LogP contribution in [0.1, 0.15) is 19.8 Å². The van der Waals surface area contributed by atoms with E-state index in [4.69, 9.17) is 0 Å². The van der Waals surface area contributed by atoms with Crippen LogP contribution in [0.25, 0.3) is 0 Å². The van der Waals surface area contributed by atoms with Crippen molar-refractivity contribution in [2.75, 3.05) is 18.6 Å². The van der Waals surface area contributed by atoms with Gasteiger partial charge >= 0.3 is 6.18 Å². The molecule has 0 aliphatic heterocycles. The fraction of sp³-hybridized carbons (Fsp3) is 0.889. The Morgan fingerprint density at radius 2 is 2.00 bits per heavy atom. The molecule has 0 rings (SSSR count). The van der Waals surface area contributed by atoms with Gasteiger partial charge in [0.15, 0.2) is 0 Å². The van der Waals surface area contributed by atoms with E-state index >= 15 is 0 Å². The zero-order valence-electron chi connectivity index (χ0n) is 9.23. The molecular weight excluding hydrogens is 243 g/mol. The van der Waals surface area contributed by atoms with E-state index in [1.807, 2.05) is 0 Å². The largest absolute Gasteiger partial charge is 0.389 e. The summed E-state index contributed by atoms with van der Waals surface area (Å²) in [5.74, 6) is -0.286. The Morgan fingerprint density at radius 1 is 1.44 bits per heavy atom. The molecule has 3 nitrogen and oxygen atoms in total. The first kappa shape index (κ1) is 15.6. The summed E-state index contributed by atoms with van der Waals surface area (Å²) >= 11 is 1.40. The molecule has 0 aromatic heterocycles. The number of alkyl halides is 3. The lowest BCUT2D eigenvalue weighted by Crippen LogP contribution is -2.42. The van der Waals surface area contributed by atoms with E-state index in [1.165, 1.54) is 18.7 Å². The molecule has 0 fully saturated rings. The molecule has 0 heterocycles. The van der Waals surface area contributed by atoms with Crippen molar-refractivity contribution in [2.45, 2.75) is 31.5 Å². The van der Waals surface area contributed by atoms with Crippen LogP contribution in [0.4, 0.5) is 13.2 Å². The summed E-state index contributed by atoms with van der Waals surface area (Å²) in [6.07, 6.45) is -4.26. The maximum atomic E-state index is 11.8. The topological polar surface area (TPSA) is 49.3 Å². The molecule has 1 atom stereocenters. The Labute approximate surface area is 96.8 Å². The SMILES string of the molecule is CSCC(C)(O)CNC(=O)CCC(F)(F)F. The van der Waals surface area contributed by atoms with Gasteiger partial charge in [-0.2, -0.15) is 24.9 Å². The fourth-order valence-corrected chi connectivity index (χ4v) is 1.72. The van der Waals surface area contributed by atoms with Crippen molar-refractivity contribution in [2.24, 2.45) is 0 Å². The number of aliphatic hydroxyl groups is 1. The average Bonchev–Trinajstić information content (AvgIpc) is 2.10. The van der Waals surface area contributed by atoms with E-state index in [0.717, 1.165) is 0 Å². The number of thioether (sulfide) groups is 1. The summed E-state index contributed by atoms with van der Waals surface area (Å²) in [5, 5.41) is 11.9. The molecule has 0 saturated heterocycles. The molecule has 0 spiro atoms. The molecule has 0 aliphatic carbocycles. The molecule has 0 aromatic carbocycles. The van der Waals surface area contributed by atoms with E-state index in [-0.39, 0.29) is 6.54 Å². The normalized spacial score (nSPS) is 15.6. The van der Waals surface area contributed by atoms with Gasteiger partial charge in [0.2, 0.25) is 5.91 Å². The number of halogens is 3. The van der Waals surface area contributed by atoms with Gasteiger partial charge in [0, 0.05) is 18.7 Å². The van der Waals surface area contributed by atoms with Gasteiger partial charge in [0.25, 0.3) is 0 Å². The third-order valence-corrected chi connectivity index (χ3v) is 2.67. The van der Waals surface area contributed by atoms with E-state index in [1.54, 1.807) is 6.26 Å². The molecule has 0 bridgehead atoms. The number of hydrogen-bond donors (Lipinski definition) is 2. The quantitative estimate of drug-likeness (QED) is 0.761. The van der Waals surface area contributed by atoms with E-state index in [9.17, 15) is 23.1 Å². The van der Waals surface area contributed by atoms with Gasteiger partial charge < -0.3 is 10.4 Å². The van der Waals surface area contributed by atoms with Gasteiger partial charge in [-0.3, -0.25) is 4.79 Å². The Morgan fingerprint density at radius 3 is 2.44 bits per heavy atom. The zero-order chi connectivity index (χ0) is 12.8. The van der Waals surface area contributed by atoms with Gasteiger partial charge in [-0.15, -0.1) is 0 Å². The van der Waals surface area contributed by atoms with Crippen molar-refractivity contribution < 1.29 is 23.1 Å². The first-order valence-corrected chi connectivity index (χ1v) is 6.10. The van der Waals surface area contributed by atoms with Crippen LogP contribution in [0.2, 0.25) is 0 Å². The van der Waals surface area contributed by atoms with Crippen LogP contribution in [0.5, 0.6) is 0 Å². The predicted octanol–water partition coefficient (Wildman–Crippen LogP) is 1.56. The summed E-state index contributed by atoms with van der Waals surface area (Å²) < 4.78 is 35.3. The lowest BCUT2D eigenvalue weighted by molar-refractivity contribution is -0.144. The van der Waals surface area contributed by atoms with E-state index < -0.39 is 30.5 Å². The molecule has 2 N–H and O–H groups in total. The van der Waals surface area contributed by atoms with Crippen LogP contribution < -0.4 is 5.32 Å². The third-order valence-electron chi connectivity index (χ3n) is 1.76. The fourth-order valence-electron chi connectivity index (χ4n) is 0.995. The van der Waals surface area contributed by atoms with Crippen LogP contribution in [0.3, 0.4) is 0 Å². The molecule has 0 aliphatic rings. The third kappa shape index (κ3) is 8.84. The van der Waals surface area contributed by atoms with Crippen LogP contribution in [0.15, 0.2) is 0 Å². The minimum atomic E-state index is -4.32. The van der Waals surface area contributed by atoms with Gasteiger partial charge in [-0.1, -0.05) is 0 Å². The first-order chi connectivity index (χ1) is 7.16. The van der Waals surface area contributed by atoms with Crippen LogP contribution in [-0.2, 0) is 4.79 Å². The summed E-state index contributed by atoms with van der Waals surface area (Å²) in [5.41, 5.74) is -1.09.